The fraction of sp³-hybridized carbons (Fsp3) is 0.290. The molecule has 0 saturated carbocycles. The molecule has 4 rings (SSSR count). The van der Waals surface area contributed by atoms with Crippen molar-refractivity contribution < 1.29 is 29.1 Å². The summed E-state index contributed by atoms with van der Waals surface area (Å²) in [6.45, 7) is 0. The van der Waals surface area contributed by atoms with Crippen molar-refractivity contribution in [3.05, 3.63) is 90.1 Å². The molecule has 4 aromatic rings. The summed E-state index contributed by atoms with van der Waals surface area (Å²) >= 11 is 0. The lowest BCUT2D eigenvalue weighted by atomic mass is 10.0. The highest BCUT2D eigenvalue weighted by atomic mass is 16.4. The van der Waals surface area contributed by atoms with Crippen molar-refractivity contribution in [1.29, 1.82) is 0 Å². The maximum atomic E-state index is 13.7. The summed E-state index contributed by atoms with van der Waals surface area (Å²) in [6.07, 6.45) is 4.38. The first-order chi connectivity index (χ1) is 21.6. The number of benzene rings is 2. The van der Waals surface area contributed by atoms with Crippen molar-refractivity contribution in [2.24, 2.45) is 11.5 Å². The van der Waals surface area contributed by atoms with Gasteiger partial charge in [0.1, 0.15) is 18.1 Å². The Balaban J connectivity index is 1.51. The number of carboxylic acids is 1. The smallest absolute Gasteiger partial charge is 0.326 e. The van der Waals surface area contributed by atoms with Crippen LogP contribution in [0.1, 0.15) is 29.7 Å². The van der Waals surface area contributed by atoms with Gasteiger partial charge in [-0.3, -0.25) is 19.2 Å². The van der Waals surface area contributed by atoms with Gasteiger partial charge in [-0.1, -0.05) is 48.5 Å². The average molecular weight is 617 g/mol. The molecule has 0 radical (unpaired) electrons. The molecule has 2 heterocycles. The SMILES string of the molecule is NC(=O)CCC(NC(=O)C(Cc1cnc[nH]1)NC(=O)C(Cc1ccccc1)NC(=O)C(N)Cc1c[nH]c2ccccc12)C(=O)O. The van der Waals surface area contributed by atoms with Gasteiger partial charge in [0.25, 0.3) is 0 Å². The number of fused-ring (bicyclic) bond motifs is 1. The minimum atomic E-state index is -1.42. The van der Waals surface area contributed by atoms with Crippen LogP contribution in [0.25, 0.3) is 10.9 Å². The third kappa shape index (κ3) is 9.24. The summed E-state index contributed by atoms with van der Waals surface area (Å²) in [7, 11) is 0. The molecule has 0 bridgehead atoms. The monoisotopic (exact) mass is 616 g/mol. The molecule has 10 N–H and O–H groups in total. The second kappa shape index (κ2) is 15.3. The van der Waals surface area contributed by atoms with Crippen LogP contribution in [-0.2, 0) is 43.2 Å². The van der Waals surface area contributed by atoms with Gasteiger partial charge in [-0.05, 0) is 30.0 Å². The number of hydrogen-bond donors (Lipinski definition) is 8. The van der Waals surface area contributed by atoms with Gasteiger partial charge in [-0.15, -0.1) is 0 Å². The highest BCUT2D eigenvalue weighted by Gasteiger charge is 2.31. The largest absolute Gasteiger partial charge is 0.480 e. The number of H-pyrrole nitrogens is 2. The van der Waals surface area contributed by atoms with Crippen LogP contribution in [0, 0.1) is 0 Å². The van der Waals surface area contributed by atoms with Gasteiger partial charge in [-0.2, -0.15) is 0 Å². The number of carboxylic acid groups (broad SMARTS) is 1. The van der Waals surface area contributed by atoms with E-state index >= 15 is 0 Å². The van der Waals surface area contributed by atoms with E-state index in [1.165, 1.54) is 12.5 Å². The van der Waals surface area contributed by atoms with E-state index in [1.807, 2.05) is 30.3 Å². The maximum Gasteiger partial charge on any atom is 0.326 e. The van der Waals surface area contributed by atoms with Crippen LogP contribution in [0.2, 0.25) is 0 Å². The normalized spacial score (nSPS) is 13.7. The van der Waals surface area contributed by atoms with Crippen LogP contribution in [0.15, 0.2) is 73.3 Å². The number of nitrogens with two attached hydrogens (primary N) is 2. The number of primary amides is 1. The summed E-state index contributed by atoms with van der Waals surface area (Å²) < 4.78 is 0. The summed E-state index contributed by atoms with van der Waals surface area (Å²) in [4.78, 5) is 73.3. The first-order valence-electron chi connectivity index (χ1n) is 14.3. The Bertz CT molecular complexity index is 1620. The number of aromatic amines is 2. The van der Waals surface area contributed by atoms with E-state index in [4.69, 9.17) is 11.5 Å². The molecular formula is C31H36N8O6. The highest BCUT2D eigenvalue weighted by molar-refractivity contribution is 5.94. The molecule has 4 unspecified atom stereocenters. The molecule has 0 fully saturated rings. The summed E-state index contributed by atoms with van der Waals surface area (Å²) in [5.74, 6) is -4.15. The van der Waals surface area contributed by atoms with Crippen LogP contribution in [0.3, 0.4) is 0 Å². The summed E-state index contributed by atoms with van der Waals surface area (Å²) in [6, 6.07) is 11.8. The third-order valence-corrected chi connectivity index (χ3v) is 7.27. The fourth-order valence-corrected chi connectivity index (χ4v) is 4.88. The standard InChI is InChI=1S/C31H36N8O6/c32-22(13-19-15-35-23-9-5-4-8-21(19)23)28(41)38-25(12-18-6-2-1-3-7-18)29(42)39-26(14-20-16-34-17-36-20)30(43)37-24(31(44)45)10-11-27(33)40/h1-9,15-17,22,24-26,35H,10-14,32H2,(H2,33,40)(H,34,36)(H,37,43)(H,38,41)(H,39,42)(H,44,45). The van der Waals surface area contributed by atoms with E-state index in [-0.39, 0.29) is 32.1 Å². The first-order valence-corrected chi connectivity index (χ1v) is 14.3. The quantitative estimate of drug-likeness (QED) is 0.0854. The van der Waals surface area contributed by atoms with E-state index in [9.17, 15) is 29.1 Å². The molecule has 2 aromatic heterocycles. The number of carbonyl (C=O) groups excluding carboxylic acids is 4. The van der Waals surface area contributed by atoms with Gasteiger partial charge >= 0.3 is 5.97 Å². The van der Waals surface area contributed by atoms with Crippen LogP contribution >= 0.6 is 0 Å². The molecule has 0 aliphatic carbocycles. The highest BCUT2D eigenvalue weighted by Crippen LogP contribution is 2.19. The predicted octanol–water partition coefficient (Wildman–Crippen LogP) is 0.0507. The molecule has 4 atom stereocenters. The number of hydrogen-bond acceptors (Lipinski definition) is 7. The number of nitrogens with zero attached hydrogens (tertiary/aromatic N) is 1. The minimum absolute atomic E-state index is 0.0637. The molecule has 236 valence electrons. The Morgan fingerprint density at radius 1 is 0.800 bits per heavy atom. The molecule has 0 aliphatic heterocycles. The Morgan fingerprint density at radius 2 is 1.44 bits per heavy atom. The molecule has 0 spiro atoms. The summed E-state index contributed by atoms with van der Waals surface area (Å²) in [5.41, 5.74) is 14.4. The Hall–Kier alpha value is -5.50. The molecule has 4 amide bonds. The maximum absolute atomic E-state index is 13.7. The first kappa shape index (κ1) is 32.4. The average Bonchev–Trinajstić information content (AvgIpc) is 3.68. The van der Waals surface area contributed by atoms with Crippen molar-refractivity contribution in [2.45, 2.75) is 56.3 Å². The lowest BCUT2D eigenvalue weighted by Crippen LogP contribution is -2.58. The number of carbonyl (C=O) groups is 5. The predicted molar refractivity (Wildman–Crippen MR) is 164 cm³/mol. The van der Waals surface area contributed by atoms with Crippen LogP contribution in [0.5, 0.6) is 0 Å². The number of amides is 4. The molecule has 0 saturated heterocycles. The number of imidazole rings is 1. The topological polar surface area (TPSA) is 238 Å². The zero-order chi connectivity index (χ0) is 32.3. The summed E-state index contributed by atoms with van der Waals surface area (Å²) in [5, 5.41) is 18.3. The number of aromatic nitrogens is 3. The van der Waals surface area contributed by atoms with E-state index in [1.54, 1.807) is 30.5 Å². The van der Waals surface area contributed by atoms with E-state index in [0.717, 1.165) is 22.0 Å². The second-order valence-corrected chi connectivity index (χ2v) is 10.7. The number of aliphatic carboxylic acids is 1. The number of nitrogens with one attached hydrogen (secondary N) is 5. The lowest BCUT2D eigenvalue weighted by Gasteiger charge is -2.25. The molecule has 45 heavy (non-hydrogen) atoms. The van der Waals surface area contributed by atoms with E-state index in [0.29, 0.717) is 5.69 Å². The Morgan fingerprint density at radius 3 is 2.11 bits per heavy atom. The van der Waals surface area contributed by atoms with Gasteiger partial charge in [0, 0.05) is 48.3 Å². The zero-order valence-corrected chi connectivity index (χ0v) is 24.4. The van der Waals surface area contributed by atoms with Crippen LogP contribution in [0.4, 0.5) is 0 Å². The molecule has 14 nitrogen and oxygen atoms in total. The molecule has 2 aromatic carbocycles. The number of rotatable bonds is 16. The van der Waals surface area contributed by atoms with Crippen LogP contribution < -0.4 is 27.4 Å². The van der Waals surface area contributed by atoms with Gasteiger partial charge in [0.15, 0.2) is 0 Å². The zero-order valence-electron chi connectivity index (χ0n) is 24.4. The Labute approximate surface area is 258 Å². The molecular weight excluding hydrogens is 580 g/mol. The van der Waals surface area contributed by atoms with Gasteiger partial charge in [-0.25, -0.2) is 9.78 Å². The van der Waals surface area contributed by atoms with Crippen molar-refractivity contribution >= 4 is 40.5 Å². The van der Waals surface area contributed by atoms with Gasteiger partial charge in [0.05, 0.1) is 12.4 Å². The van der Waals surface area contributed by atoms with E-state index < -0.39 is 53.8 Å². The lowest BCUT2D eigenvalue weighted by molar-refractivity contribution is -0.142. The fourth-order valence-electron chi connectivity index (χ4n) is 4.88. The molecule has 0 aliphatic rings. The van der Waals surface area contributed by atoms with Crippen molar-refractivity contribution in [3.8, 4) is 0 Å². The Kier molecular flexibility index (Phi) is 11.0. The van der Waals surface area contributed by atoms with Crippen molar-refractivity contribution in [1.82, 2.24) is 30.9 Å². The van der Waals surface area contributed by atoms with Gasteiger partial charge < -0.3 is 42.5 Å². The van der Waals surface area contributed by atoms with E-state index in [2.05, 4.69) is 30.9 Å². The van der Waals surface area contributed by atoms with Gasteiger partial charge in [0.2, 0.25) is 23.6 Å². The molecule has 14 heteroatoms. The second-order valence-electron chi connectivity index (χ2n) is 10.7. The number of para-hydroxylation sites is 1. The van der Waals surface area contributed by atoms with Crippen molar-refractivity contribution in [2.75, 3.05) is 0 Å². The van der Waals surface area contributed by atoms with Crippen molar-refractivity contribution in [3.63, 3.8) is 0 Å². The van der Waals surface area contributed by atoms with Crippen LogP contribution in [-0.4, -0.2) is 73.8 Å². The third-order valence-electron chi connectivity index (χ3n) is 7.27. The minimum Gasteiger partial charge on any atom is -0.480 e.